The van der Waals surface area contributed by atoms with Gasteiger partial charge in [0.05, 0.1) is 16.8 Å². The Morgan fingerprint density at radius 2 is 1.97 bits per heavy atom. The number of rotatable bonds is 7. The molecule has 3 aromatic rings. The number of benzene rings is 1. The Hall–Kier alpha value is -3.26. The van der Waals surface area contributed by atoms with Gasteiger partial charge in [0.25, 0.3) is 0 Å². The molecule has 3 heterocycles. The normalized spacial score (nSPS) is 16.9. The summed E-state index contributed by atoms with van der Waals surface area (Å²) >= 11 is 0. The van der Waals surface area contributed by atoms with E-state index in [1.807, 2.05) is 30.3 Å². The molecule has 5 rings (SSSR count). The second-order valence-electron chi connectivity index (χ2n) is 8.17. The molecule has 0 bridgehead atoms. The predicted octanol–water partition coefficient (Wildman–Crippen LogP) is 3.40. The van der Waals surface area contributed by atoms with Crippen LogP contribution >= 0.6 is 0 Å². The number of fused-ring (bicyclic) bond motifs is 1. The molecule has 0 atom stereocenters. The molecule has 8 heteroatoms. The van der Waals surface area contributed by atoms with Gasteiger partial charge >= 0.3 is 0 Å². The molecule has 160 valence electrons. The van der Waals surface area contributed by atoms with E-state index < -0.39 is 0 Å². The van der Waals surface area contributed by atoms with Gasteiger partial charge in [-0.05, 0) is 49.8 Å². The molecular weight excluding hydrogens is 392 g/mol. The summed E-state index contributed by atoms with van der Waals surface area (Å²) in [6, 6.07) is 9.60. The molecule has 0 unspecified atom stereocenters. The number of anilines is 2. The summed E-state index contributed by atoms with van der Waals surface area (Å²) in [5.41, 5.74) is 8.56. The van der Waals surface area contributed by atoms with Crippen LogP contribution < -0.4 is 15.8 Å². The Morgan fingerprint density at radius 1 is 1.13 bits per heavy atom. The van der Waals surface area contributed by atoms with Crippen LogP contribution in [0.4, 0.5) is 11.6 Å². The van der Waals surface area contributed by atoms with Gasteiger partial charge in [0.15, 0.2) is 0 Å². The van der Waals surface area contributed by atoms with Gasteiger partial charge in [-0.15, -0.1) is 0 Å². The summed E-state index contributed by atoms with van der Waals surface area (Å²) < 4.78 is 11.2. The fourth-order valence-electron chi connectivity index (χ4n) is 3.80. The number of nitrogens with one attached hydrogen (secondary N) is 2. The third-order valence-electron chi connectivity index (χ3n) is 5.79. The summed E-state index contributed by atoms with van der Waals surface area (Å²) in [6.45, 7) is 2.35. The van der Waals surface area contributed by atoms with Crippen LogP contribution in [0.2, 0.25) is 0 Å². The molecule has 2 aromatic heterocycles. The molecule has 4 N–H and O–H groups in total. The number of nitrogens with two attached hydrogens (primary N) is 1. The topological polar surface area (TPSA) is 119 Å². The predicted molar refractivity (Wildman–Crippen MR) is 120 cm³/mol. The minimum atomic E-state index is 0.285. The molecule has 1 saturated heterocycles. The van der Waals surface area contributed by atoms with Crippen LogP contribution in [0.15, 0.2) is 36.7 Å². The average molecular weight is 419 g/mol. The standard InChI is InChI=1S/C23H26N6O2/c24-21(16-1-5-18-15(11-16)2-6-19(29-18)31-17-3-4-17)20-22(25)27-13-28-23(20)26-12-14-7-9-30-10-8-14/h1-2,5-6,11,13-14,17,24H,3-4,7-10,12H2,(H3,25,26,27,28). The van der Waals surface area contributed by atoms with Crippen molar-refractivity contribution in [2.75, 3.05) is 30.8 Å². The van der Waals surface area contributed by atoms with Gasteiger partial charge < -0.3 is 20.5 Å². The first-order valence-corrected chi connectivity index (χ1v) is 10.8. The van der Waals surface area contributed by atoms with Crippen molar-refractivity contribution in [3.8, 4) is 5.88 Å². The van der Waals surface area contributed by atoms with E-state index in [1.165, 1.54) is 6.33 Å². The molecule has 31 heavy (non-hydrogen) atoms. The third kappa shape index (κ3) is 4.44. The quantitative estimate of drug-likeness (QED) is 0.503. The van der Waals surface area contributed by atoms with E-state index in [4.69, 9.17) is 20.6 Å². The van der Waals surface area contributed by atoms with Gasteiger partial charge in [-0.25, -0.2) is 15.0 Å². The lowest BCUT2D eigenvalue weighted by atomic mass is 9.99. The summed E-state index contributed by atoms with van der Waals surface area (Å²) in [5.74, 6) is 2.06. The number of hydrogen-bond acceptors (Lipinski definition) is 8. The molecule has 0 amide bonds. The van der Waals surface area contributed by atoms with Crippen molar-refractivity contribution in [2.45, 2.75) is 31.8 Å². The number of ether oxygens (including phenoxy) is 2. The molecule has 0 radical (unpaired) electrons. The van der Waals surface area contributed by atoms with E-state index in [0.717, 1.165) is 61.9 Å². The van der Waals surface area contributed by atoms with Crippen molar-refractivity contribution in [3.05, 3.63) is 47.8 Å². The molecule has 1 aliphatic heterocycles. The van der Waals surface area contributed by atoms with Crippen LogP contribution in [0.1, 0.15) is 36.8 Å². The Balaban J connectivity index is 1.38. The van der Waals surface area contributed by atoms with Crippen LogP contribution in [0.5, 0.6) is 5.88 Å². The van der Waals surface area contributed by atoms with E-state index in [-0.39, 0.29) is 5.71 Å². The van der Waals surface area contributed by atoms with Crippen LogP contribution in [0, 0.1) is 11.3 Å². The summed E-state index contributed by atoms with van der Waals surface area (Å²) in [6.07, 6.45) is 5.98. The van der Waals surface area contributed by atoms with E-state index >= 15 is 0 Å². The molecule has 1 aliphatic carbocycles. The lowest BCUT2D eigenvalue weighted by Gasteiger charge is -2.23. The van der Waals surface area contributed by atoms with Crippen molar-refractivity contribution in [1.29, 1.82) is 5.41 Å². The van der Waals surface area contributed by atoms with Crippen molar-refractivity contribution < 1.29 is 9.47 Å². The zero-order valence-corrected chi connectivity index (χ0v) is 17.3. The maximum atomic E-state index is 8.83. The molecule has 1 aromatic carbocycles. The fourth-order valence-corrected chi connectivity index (χ4v) is 3.80. The lowest BCUT2D eigenvalue weighted by Crippen LogP contribution is -2.24. The van der Waals surface area contributed by atoms with Gasteiger partial charge in [0, 0.05) is 36.8 Å². The van der Waals surface area contributed by atoms with Gasteiger partial charge in [-0.2, -0.15) is 0 Å². The monoisotopic (exact) mass is 418 g/mol. The average Bonchev–Trinajstić information content (AvgIpc) is 3.61. The summed E-state index contributed by atoms with van der Waals surface area (Å²) in [5, 5.41) is 13.2. The first kappa shape index (κ1) is 19.7. The van der Waals surface area contributed by atoms with E-state index in [1.54, 1.807) is 0 Å². The zero-order valence-electron chi connectivity index (χ0n) is 17.3. The third-order valence-corrected chi connectivity index (χ3v) is 5.79. The molecule has 0 spiro atoms. The second-order valence-corrected chi connectivity index (χ2v) is 8.17. The van der Waals surface area contributed by atoms with Crippen molar-refractivity contribution in [1.82, 2.24) is 15.0 Å². The van der Waals surface area contributed by atoms with E-state index in [0.29, 0.717) is 35.1 Å². The Bertz CT molecular complexity index is 1110. The SMILES string of the molecule is N=C(c1ccc2nc(OC3CC3)ccc2c1)c1c(N)ncnc1NCC1CCOCC1. The second kappa shape index (κ2) is 8.47. The molecule has 2 fully saturated rings. The van der Waals surface area contributed by atoms with Gasteiger partial charge in [-0.3, -0.25) is 5.41 Å². The van der Waals surface area contributed by atoms with Crippen molar-refractivity contribution in [2.24, 2.45) is 5.92 Å². The highest BCUT2D eigenvalue weighted by molar-refractivity contribution is 6.17. The van der Waals surface area contributed by atoms with E-state index in [9.17, 15) is 0 Å². The Kier molecular flexibility index (Phi) is 5.38. The molecular formula is C23H26N6O2. The van der Waals surface area contributed by atoms with Crippen LogP contribution in [-0.2, 0) is 4.74 Å². The lowest BCUT2D eigenvalue weighted by molar-refractivity contribution is 0.0699. The number of hydrogen-bond donors (Lipinski definition) is 3. The van der Waals surface area contributed by atoms with Gasteiger partial charge in [-0.1, -0.05) is 6.07 Å². The van der Waals surface area contributed by atoms with Crippen molar-refractivity contribution >= 4 is 28.3 Å². The first-order valence-electron chi connectivity index (χ1n) is 10.8. The van der Waals surface area contributed by atoms with Crippen LogP contribution in [0.3, 0.4) is 0 Å². The Morgan fingerprint density at radius 3 is 2.77 bits per heavy atom. The minimum absolute atomic E-state index is 0.285. The Labute approximate surface area is 180 Å². The fraction of sp³-hybridized carbons (Fsp3) is 0.391. The van der Waals surface area contributed by atoms with Crippen LogP contribution in [0.25, 0.3) is 10.9 Å². The minimum Gasteiger partial charge on any atom is -0.474 e. The maximum absolute atomic E-state index is 8.83. The molecule has 8 nitrogen and oxygen atoms in total. The summed E-state index contributed by atoms with van der Waals surface area (Å²) in [7, 11) is 0. The maximum Gasteiger partial charge on any atom is 0.214 e. The van der Waals surface area contributed by atoms with Gasteiger partial charge in [0.2, 0.25) is 5.88 Å². The smallest absolute Gasteiger partial charge is 0.214 e. The van der Waals surface area contributed by atoms with Gasteiger partial charge in [0.1, 0.15) is 24.1 Å². The number of aromatic nitrogens is 3. The van der Waals surface area contributed by atoms with E-state index in [2.05, 4.69) is 20.3 Å². The number of pyridine rings is 1. The number of nitrogen functional groups attached to an aromatic ring is 1. The first-order chi connectivity index (χ1) is 15.2. The summed E-state index contributed by atoms with van der Waals surface area (Å²) in [4.78, 5) is 13.1. The largest absolute Gasteiger partial charge is 0.474 e. The zero-order chi connectivity index (χ0) is 21.2. The highest BCUT2D eigenvalue weighted by Gasteiger charge is 2.24. The highest BCUT2D eigenvalue weighted by Crippen LogP contribution is 2.28. The highest BCUT2D eigenvalue weighted by atomic mass is 16.5. The number of nitrogens with zero attached hydrogens (tertiary/aromatic N) is 3. The van der Waals surface area contributed by atoms with Crippen molar-refractivity contribution in [3.63, 3.8) is 0 Å². The molecule has 1 saturated carbocycles. The van der Waals surface area contributed by atoms with Crippen LogP contribution in [-0.4, -0.2) is 46.5 Å². The molecule has 2 aliphatic rings.